The predicted octanol–water partition coefficient (Wildman–Crippen LogP) is -8.49. The number of aldehydes is 1. The van der Waals surface area contributed by atoms with Crippen LogP contribution in [0.4, 0.5) is 0 Å². The summed E-state index contributed by atoms with van der Waals surface area (Å²) in [6, 6.07) is 0. The number of rotatable bonds is 13. The van der Waals surface area contributed by atoms with Gasteiger partial charge in [-0.25, -0.2) is 0 Å². The summed E-state index contributed by atoms with van der Waals surface area (Å²) >= 11 is 0. The topological polar surface area (TPSA) is 280 Å². The second kappa shape index (κ2) is 12.0. The van der Waals surface area contributed by atoms with Crippen molar-refractivity contribution in [2.45, 2.75) is 73.2 Å². The number of aliphatic hydroxyl groups is 13. The molecule has 0 heterocycles. The lowest BCUT2D eigenvalue weighted by molar-refractivity contribution is -0.199. The van der Waals surface area contributed by atoms with Crippen molar-refractivity contribution >= 4 is 6.29 Å². The summed E-state index contributed by atoms with van der Waals surface area (Å²) in [5, 5.41) is 123. The third-order valence-electron chi connectivity index (χ3n) is 4.22. The van der Waals surface area contributed by atoms with Crippen LogP contribution in [0.3, 0.4) is 0 Å². The molecule has 0 saturated heterocycles. The first-order chi connectivity index (χ1) is 12.8. The van der Waals surface area contributed by atoms with Crippen LogP contribution >= 0.6 is 0 Å². The van der Waals surface area contributed by atoms with Gasteiger partial charge in [0.1, 0.15) is 73.2 Å². The fourth-order valence-corrected chi connectivity index (χ4v) is 2.23. The van der Waals surface area contributed by atoms with E-state index in [0.717, 1.165) is 0 Å². The minimum atomic E-state index is -2.51. The zero-order chi connectivity index (χ0) is 22.3. The van der Waals surface area contributed by atoms with Crippen molar-refractivity contribution in [2.24, 2.45) is 0 Å². The van der Waals surface area contributed by atoms with Crippen LogP contribution in [0.5, 0.6) is 0 Å². The van der Waals surface area contributed by atoms with E-state index < -0.39 is 79.9 Å². The van der Waals surface area contributed by atoms with Gasteiger partial charge in [0.15, 0.2) is 6.29 Å². The molecule has 168 valence electrons. The lowest BCUT2D eigenvalue weighted by atomic mass is 9.89. The Morgan fingerprint density at radius 3 is 0.964 bits per heavy atom. The molecule has 0 spiro atoms. The number of carbonyl (C=O) groups excluding carboxylic acids is 1. The Bertz CT molecular complexity index is 452. The zero-order valence-corrected chi connectivity index (χ0v) is 14.4. The van der Waals surface area contributed by atoms with Gasteiger partial charge in [-0.15, -0.1) is 0 Å². The van der Waals surface area contributed by atoms with Crippen LogP contribution in [0.1, 0.15) is 0 Å². The molecule has 0 radical (unpaired) electrons. The van der Waals surface area contributed by atoms with Gasteiger partial charge < -0.3 is 71.2 Å². The van der Waals surface area contributed by atoms with Crippen molar-refractivity contribution in [1.29, 1.82) is 0 Å². The summed E-state index contributed by atoms with van der Waals surface area (Å²) in [7, 11) is 0. The van der Waals surface area contributed by atoms with E-state index in [1.165, 1.54) is 0 Å². The molecule has 0 rings (SSSR count). The highest BCUT2D eigenvalue weighted by Crippen LogP contribution is 2.18. The number of aliphatic hydroxyl groups excluding tert-OH is 13. The summed E-state index contributed by atoms with van der Waals surface area (Å²) in [4.78, 5) is 10.3. The lowest BCUT2D eigenvalue weighted by Gasteiger charge is -2.35. The first-order valence-corrected chi connectivity index (χ1v) is 8.06. The standard InChI is InChI=1S/C14H28O14/c15-1-3(17)5(19)7(21)9(23)11(25)13(27)14(28)12(26)10(24)8(22)6(20)4(18)2-16/h1,3-14,16-28H,2H2/t3-,4-,5-,6-,7+,8+,9+,10+,11-,12-,13-,14+/m1/s1. The van der Waals surface area contributed by atoms with Crippen molar-refractivity contribution in [3.63, 3.8) is 0 Å². The smallest absolute Gasteiger partial charge is 0.151 e. The molecular weight excluding hydrogens is 392 g/mol. The van der Waals surface area contributed by atoms with Gasteiger partial charge in [0.25, 0.3) is 0 Å². The van der Waals surface area contributed by atoms with Gasteiger partial charge >= 0.3 is 0 Å². The van der Waals surface area contributed by atoms with Crippen LogP contribution in [0.15, 0.2) is 0 Å². The van der Waals surface area contributed by atoms with Crippen molar-refractivity contribution in [1.82, 2.24) is 0 Å². The monoisotopic (exact) mass is 420 g/mol. The van der Waals surface area contributed by atoms with Gasteiger partial charge in [-0.2, -0.15) is 0 Å². The molecule has 0 fully saturated rings. The molecule has 12 atom stereocenters. The van der Waals surface area contributed by atoms with Gasteiger partial charge in [-0.3, -0.25) is 0 Å². The van der Waals surface area contributed by atoms with Crippen LogP contribution in [0, 0.1) is 0 Å². The molecule has 0 aromatic carbocycles. The minimum Gasteiger partial charge on any atom is -0.394 e. The molecule has 14 heteroatoms. The lowest BCUT2D eigenvalue weighted by Crippen LogP contribution is -2.59. The third-order valence-corrected chi connectivity index (χ3v) is 4.22. The van der Waals surface area contributed by atoms with Gasteiger partial charge in [0, 0.05) is 0 Å². The van der Waals surface area contributed by atoms with E-state index in [9.17, 15) is 61.0 Å². The summed E-state index contributed by atoms with van der Waals surface area (Å²) in [6.45, 7) is -1.02. The van der Waals surface area contributed by atoms with E-state index in [-0.39, 0.29) is 6.29 Å². The molecule has 28 heavy (non-hydrogen) atoms. The Hall–Kier alpha value is -0.850. The van der Waals surface area contributed by atoms with Crippen LogP contribution < -0.4 is 0 Å². The zero-order valence-electron chi connectivity index (χ0n) is 14.4. The Morgan fingerprint density at radius 1 is 0.464 bits per heavy atom. The van der Waals surface area contributed by atoms with Gasteiger partial charge in [-0.1, -0.05) is 0 Å². The number of hydrogen-bond donors (Lipinski definition) is 13. The summed E-state index contributed by atoms with van der Waals surface area (Å²) in [5.41, 5.74) is 0. The molecule has 0 aromatic heterocycles. The van der Waals surface area contributed by atoms with Crippen molar-refractivity contribution in [2.75, 3.05) is 6.61 Å². The maximum Gasteiger partial charge on any atom is 0.151 e. The maximum atomic E-state index is 10.3. The van der Waals surface area contributed by atoms with E-state index >= 15 is 0 Å². The fraction of sp³-hybridized carbons (Fsp3) is 0.929. The molecule has 0 aromatic rings. The fourth-order valence-electron chi connectivity index (χ4n) is 2.23. The molecule has 0 aliphatic rings. The molecule has 0 unspecified atom stereocenters. The molecule has 0 amide bonds. The minimum absolute atomic E-state index is 0.189. The highest BCUT2D eigenvalue weighted by Gasteiger charge is 2.44. The normalized spacial score (nSPS) is 25.3. The van der Waals surface area contributed by atoms with Crippen molar-refractivity contribution in [3.05, 3.63) is 0 Å². The average molecular weight is 420 g/mol. The van der Waals surface area contributed by atoms with E-state index in [0.29, 0.717) is 0 Å². The first kappa shape index (κ1) is 27.1. The molecule has 14 nitrogen and oxygen atoms in total. The first-order valence-electron chi connectivity index (χ1n) is 8.06. The van der Waals surface area contributed by atoms with Gasteiger partial charge in [0.05, 0.1) is 6.61 Å². The summed E-state index contributed by atoms with van der Waals surface area (Å²) in [6.07, 6.45) is -28.3. The van der Waals surface area contributed by atoms with Gasteiger partial charge in [0.2, 0.25) is 0 Å². The van der Waals surface area contributed by atoms with E-state index in [1.54, 1.807) is 0 Å². The van der Waals surface area contributed by atoms with E-state index in [1.807, 2.05) is 0 Å². The molecule has 0 saturated carbocycles. The van der Waals surface area contributed by atoms with Crippen LogP contribution in [0.2, 0.25) is 0 Å². The highest BCUT2D eigenvalue weighted by atomic mass is 16.4. The maximum absolute atomic E-state index is 10.3. The third kappa shape index (κ3) is 6.60. The quantitative estimate of drug-likeness (QED) is 0.123. The second-order valence-electron chi connectivity index (χ2n) is 6.28. The molecule has 0 bridgehead atoms. The Kier molecular flexibility index (Phi) is 11.6. The van der Waals surface area contributed by atoms with E-state index in [4.69, 9.17) is 10.2 Å². The predicted molar refractivity (Wildman–Crippen MR) is 85.2 cm³/mol. The summed E-state index contributed by atoms with van der Waals surface area (Å²) in [5.74, 6) is 0. The van der Waals surface area contributed by atoms with Crippen molar-refractivity contribution in [3.8, 4) is 0 Å². The Morgan fingerprint density at radius 2 is 0.714 bits per heavy atom. The molecule has 0 aliphatic carbocycles. The Labute approximate surface area is 158 Å². The van der Waals surface area contributed by atoms with Crippen LogP contribution in [0.25, 0.3) is 0 Å². The number of carbonyl (C=O) groups is 1. The molecule has 0 aliphatic heterocycles. The van der Waals surface area contributed by atoms with Crippen molar-refractivity contribution < 1.29 is 71.2 Å². The number of hydrogen-bond acceptors (Lipinski definition) is 14. The van der Waals surface area contributed by atoms with Crippen LogP contribution in [-0.2, 0) is 4.79 Å². The van der Waals surface area contributed by atoms with Gasteiger partial charge in [-0.05, 0) is 0 Å². The SMILES string of the molecule is O=C[C@@H](O)[C@@H](O)[C@H](O)[C@H](O)[C@@H](O)[C@@H](O)[C@@H](O)[C@H](O)[C@@H](O)[C@@H](O)[C@H](O)[C@H](O)CO. The largest absolute Gasteiger partial charge is 0.394 e. The summed E-state index contributed by atoms with van der Waals surface area (Å²) < 4.78 is 0. The van der Waals surface area contributed by atoms with Crippen LogP contribution in [-0.4, -0.2) is 153 Å². The molecule has 13 N–H and O–H groups in total. The highest BCUT2D eigenvalue weighted by molar-refractivity contribution is 5.56. The second-order valence-corrected chi connectivity index (χ2v) is 6.28. The Balaban J connectivity index is 5.10. The molecular formula is C14H28O14. The van der Waals surface area contributed by atoms with E-state index in [2.05, 4.69) is 0 Å². The average Bonchev–Trinajstić information content (AvgIpc) is 2.72.